The van der Waals surface area contributed by atoms with Gasteiger partial charge in [0.25, 0.3) is 0 Å². The molecule has 108 valence electrons. The molecule has 0 fully saturated rings. The first-order chi connectivity index (χ1) is 9.70. The molecule has 4 heteroatoms. The smallest absolute Gasteiger partial charge is 0.124 e. The zero-order valence-electron chi connectivity index (χ0n) is 12.5. The van der Waals surface area contributed by atoms with Gasteiger partial charge in [0.1, 0.15) is 5.01 Å². The molecule has 0 aliphatic carbocycles. The Morgan fingerprint density at radius 2 is 2.00 bits per heavy atom. The molecule has 0 aliphatic heterocycles. The lowest BCUT2D eigenvalue weighted by molar-refractivity contribution is 0.553. The number of nitrogens with one attached hydrogen (secondary N) is 1. The van der Waals surface area contributed by atoms with Crippen molar-refractivity contribution in [3.05, 3.63) is 35.1 Å². The van der Waals surface area contributed by atoms with Crippen LogP contribution >= 0.6 is 11.3 Å². The van der Waals surface area contributed by atoms with Crippen molar-refractivity contribution >= 4 is 11.3 Å². The molecule has 0 amide bonds. The molecule has 0 aromatic carbocycles. The SMILES string of the molecule is CCCc1nc(-c2ccncc2)sc1CNCC(C)C. The van der Waals surface area contributed by atoms with E-state index in [9.17, 15) is 0 Å². The standard InChI is InChI=1S/C16H23N3S/c1-4-5-14-15(11-18-10-12(2)3)20-16(19-14)13-6-8-17-9-7-13/h6-9,12,18H,4-5,10-11H2,1-3H3. The number of aromatic nitrogens is 2. The third-order valence-electron chi connectivity index (χ3n) is 3.03. The topological polar surface area (TPSA) is 37.8 Å². The fourth-order valence-corrected chi connectivity index (χ4v) is 3.13. The molecule has 0 saturated heterocycles. The second kappa shape index (κ2) is 7.50. The summed E-state index contributed by atoms with van der Waals surface area (Å²) in [5, 5.41) is 4.63. The highest BCUT2D eigenvalue weighted by atomic mass is 32.1. The van der Waals surface area contributed by atoms with Crippen LogP contribution in [0.4, 0.5) is 0 Å². The van der Waals surface area contributed by atoms with Crippen molar-refractivity contribution < 1.29 is 0 Å². The summed E-state index contributed by atoms with van der Waals surface area (Å²) < 4.78 is 0. The van der Waals surface area contributed by atoms with Crippen LogP contribution in [0.1, 0.15) is 37.8 Å². The van der Waals surface area contributed by atoms with E-state index < -0.39 is 0 Å². The molecule has 2 aromatic heterocycles. The Hall–Kier alpha value is -1.26. The molecule has 2 heterocycles. The summed E-state index contributed by atoms with van der Waals surface area (Å²) in [6.45, 7) is 8.64. The van der Waals surface area contributed by atoms with Crippen LogP contribution in [0.3, 0.4) is 0 Å². The molecule has 2 aromatic rings. The van der Waals surface area contributed by atoms with Crippen molar-refractivity contribution in [2.45, 2.75) is 40.2 Å². The largest absolute Gasteiger partial charge is 0.312 e. The van der Waals surface area contributed by atoms with Gasteiger partial charge in [-0.3, -0.25) is 4.98 Å². The molecule has 20 heavy (non-hydrogen) atoms. The average Bonchev–Trinajstić information content (AvgIpc) is 2.83. The molecule has 0 bridgehead atoms. The summed E-state index contributed by atoms with van der Waals surface area (Å²) in [7, 11) is 0. The van der Waals surface area contributed by atoms with Gasteiger partial charge in [-0.15, -0.1) is 11.3 Å². The maximum atomic E-state index is 4.82. The molecule has 0 saturated carbocycles. The predicted molar refractivity (Wildman–Crippen MR) is 85.9 cm³/mol. The van der Waals surface area contributed by atoms with Gasteiger partial charge in [0.05, 0.1) is 5.69 Å². The lowest BCUT2D eigenvalue weighted by atomic mass is 10.2. The highest BCUT2D eigenvalue weighted by Crippen LogP contribution is 2.28. The van der Waals surface area contributed by atoms with Crippen LogP contribution in [0.2, 0.25) is 0 Å². The Bertz CT molecular complexity index is 520. The first-order valence-corrected chi connectivity index (χ1v) is 8.12. The molecule has 0 unspecified atom stereocenters. The van der Waals surface area contributed by atoms with Gasteiger partial charge in [-0.2, -0.15) is 0 Å². The molecular formula is C16H23N3S. The van der Waals surface area contributed by atoms with Crippen molar-refractivity contribution in [1.29, 1.82) is 0 Å². The minimum Gasteiger partial charge on any atom is -0.312 e. The second-order valence-corrected chi connectivity index (χ2v) is 6.48. The summed E-state index contributed by atoms with van der Waals surface area (Å²) in [6, 6.07) is 4.06. The molecular weight excluding hydrogens is 266 g/mol. The van der Waals surface area contributed by atoms with E-state index in [0.717, 1.165) is 36.5 Å². The maximum absolute atomic E-state index is 4.82. The zero-order valence-corrected chi connectivity index (χ0v) is 13.3. The van der Waals surface area contributed by atoms with Crippen molar-refractivity contribution in [2.75, 3.05) is 6.54 Å². The molecule has 0 spiro atoms. The quantitative estimate of drug-likeness (QED) is 0.840. The Kier molecular flexibility index (Phi) is 5.68. The lowest BCUT2D eigenvalue weighted by Crippen LogP contribution is -2.19. The molecule has 3 nitrogen and oxygen atoms in total. The van der Waals surface area contributed by atoms with Crippen molar-refractivity contribution in [3.8, 4) is 10.6 Å². The van der Waals surface area contributed by atoms with E-state index in [1.807, 2.05) is 24.5 Å². The van der Waals surface area contributed by atoms with Gasteiger partial charge in [-0.1, -0.05) is 27.2 Å². The van der Waals surface area contributed by atoms with E-state index in [1.54, 1.807) is 11.3 Å². The Morgan fingerprint density at radius 3 is 2.65 bits per heavy atom. The molecule has 0 aliphatic rings. The normalized spacial score (nSPS) is 11.2. The molecule has 0 atom stereocenters. The van der Waals surface area contributed by atoms with Crippen molar-refractivity contribution in [3.63, 3.8) is 0 Å². The van der Waals surface area contributed by atoms with Gasteiger partial charge < -0.3 is 5.32 Å². The minimum atomic E-state index is 0.678. The summed E-state index contributed by atoms with van der Waals surface area (Å²) in [5.41, 5.74) is 2.41. The van der Waals surface area contributed by atoms with Crippen LogP contribution < -0.4 is 5.32 Å². The fraction of sp³-hybridized carbons (Fsp3) is 0.500. The van der Waals surface area contributed by atoms with Gasteiger partial charge in [-0.25, -0.2) is 4.98 Å². The number of aryl methyl sites for hydroxylation is 1. The summed E-state index contributed by atoms with van der Waals surface area (Å²) in [5.74, 6) is 0.678. The zero-order chi connectivity index (χ0) is 14.4. The van der Waals surface area contributed by atoms with Crippen LogP contribution in [0, 0.1) is 5.92 Å². The maximum Gasteiger partial charge on any atom is 0.124 e. The van der Waals surface area contributed by atoms with E-state index in [2.05, 4.69) is 31.1 Å². The van der Waals surface area contributed by atoms with Crippen LogP contribution in [-0.2, 0) is 13.0 Å². The van der Waals surface area contributed by atoms with Crippen LogP contribution in [0.25, 0.3) is 10.6 Å². The third-order valence-corrected chi connectivity index (χ3v) is 4.18. The Balaban J connectivity index is 2.15. The van der Waals surface area contributed by atoms with E-state index >= 15 is 0 Å². The first-order valence-electron chi connectivity index (χ1n) is 7.30. The highest BCUT2D eigenvalue weighted by molar-refractivity contribution is 7.15. The van der Waals surface area contributed by atoms with Gasteiger partial charge in [0.15, 0.2) is 0 Å². The van der Waals surface area contributed by atoms with Gasteiger partial charge in [0.2, 0.25) is 0 Å². The van der Waals surface area contributed by atoms with Crippen molar-refractivity contribution in [1.82, 2.24) is 15.3 Å². The number of thiazole rings is 1. The molecule has 0 radical (unpaired) electrons. The predicted octanol–water partition coefficient (Wildman–Crippen LogP) is 3.90. The van der Waals surface area contributed by atoms with E-state index in [0.29, 0.717) is 5.92 Å². The molecule has 2 rings (SSSR count). The first kappa shape index (κ1) is 15.1. The summed E-state index contributed by atoms with van der Waals surface area (Å²) >= 11 is 1.80. The summed E-state index contributed by atoms with van der Waals surface area (Å²) in [6.07, 6.45) is 5.84. The summed E-state index contributed by atoms with van der Waals surface area (Å²) in [4.78, 5) is 10.3. The number of hydrogen-bond donors (Lipinski definition) is 1. The molecule has 1 N–H and O–H groups in total. The minimum absolute atomic E-state index is 0.678. The van der Waals surface area contributed by atoms with Gasteiger partial charge >= 0.3 is 0 Å². The van der Waals surface area contributed by atoms with Gasteiger partial charge in [0, 0.05) is 29.4 Å². The number of rotatable bonds is 7. The fourth-order valence-electron chi connectivity index (χ4n) is 2.05. The number of pyridine rings is 1. The Labute approximate surface area is 125 Å². The van der Waals surface area contributed by atoms with Crippen molar-refractivity contribution in [2.24, 2.45) is 5.92 Å². The Morgan fingerprint density at radius 1 is 1.25 bits per heavy atom. The van der Waals surface area contributed by atoms with Crippen LogP contribution in [0.15, 0.2) is 24.5 Å². The van der Waals surface area contributed by atoms with E-state index in [-0.39, 0.29) is 0 Å². The van der Waals surface area contributed by atoms with Crippen LogP contribution in [-0.4, -0.2) is 16.5 Å². The van der Waals surface area contributed by atoms with Gasteiger partial charge in [-0.05, 0) is 31.0 Å². The highest BCUT2D eigenvalue weighted by Gasteiger charge is 2.11. The lowest BCUT2D eigenvalue weighted by Gasteiger charge is -2.06. The number of nitrogens with zero attached hydrogens (tertiary/aromatic N) is 2. The monoisotopic (exact) mass is 289 g/mol. The van der Waals surface area contributed by atoms with E-state index in [1.165, 1.54) is 10.6 Å². The third kappa shape index (κ3) is 4.12. The number of hydrogen-bond acceptors (Lipinski definition) is 4. The van der Waals surface area contributed by atoms with E-state index in [4.69, 9.17) is 4.98 Å². The van der Waals surface area contributed by atoms with Crippen LogP contribution in [0.5, 0.6) is 0 Å². The average molecular weight is 289 g/mol. The second-order valence-electron chi connectivity index (χ2n) is 5.40.